The highest BCUT2D eigenvalue weighted by Crippen LogP contribution is 2.20. The average molecular weight is 284 g/mol. The van der Waals surface area contributed by atoms with Gasteiger partial charge in [-0.2, -0.15) is 0 Å². The predicted molar refractivity (Wildman–Crippen MR) is 79.7 cm³/mol. The molecule has 0 aliphatic rings. The van der Waals surface area contributed by atoms with E-state index in [9.17, 15) is 4.39 Å². The first-order chi connectivity index (χ1) is 9.69. The molecular formula is C15H25FN2O2. The first-order valence-electron chi connectivity index (χ1n) is 6.96. The van der Waals surface area contributed by atoms with Gasteiger partial charge < -0.3 is 19.7 Å². The van der Waals surface area contributed by atoms with Crippen molar-refractivity contribution in [2.45, 2.75) is 13.5 Å². The molecule has 1 aromatic rings. The molecule has 0 aromatic heterocycles. The van der Waals surface area contributed by atoms with E-state index in [0.717, 1.165) is 24.3 Å². The van der Waals surface area contributed by atoms with E-state index < -0.39 is 0 Å². The first kappa shape index (κ1) is 16.9. The highest BCUT2D eigenvalue weighted by molar-refractivity contribution is 5.53. The fourth-order valence-electron chi connectivity index (χ4n) is 1.93. The van der Waals surface area contributed by atoms with Crippen LogP contribution in [0.3, 0.4) is 0 Å². The van der Waals surface area contributed by atoms with Crippen molar-refractivity contribution in [1.29, 1.82) is 0 Å². The summed E-state index contributed by atoms with van der Waals surface area (Å²) >= 11 is 0. The standard InChI is InChI=1S/C15H25FN2O2/c1-4-20-10-8-18(2)15-6-5-14(16)11-13(15)12-17-7-9-19-3/h5-6,11,17H,4,7-10,12H2,1-3H3. The largest absolute Gasteiger partial charge is 0.383 e. The van der Waals surface area contributed by atoms with Crippen molar-refractivity contribution in [3.63, 3.8) is 0 Å². The lowest BCUT2D eigenvalue weighted by atomic mass is 10.1. The van der Waals surface area contributed by atoms with Crippen LogP contribution >= 0.6 is 0 Å². The zero-order valence-electron chi connectivity index (χ0n) is 12.6. The van der Waals surface area contributed by atoms with Crippen molar-refractivity contribution < 1.29 is 13.9 Å². The Morgan fingerprint density at radius 2 is 2.10 bits per heavy atom. The zero-order valence-corrected chi connectivity index (χ0v) is 12.6. The minimum Gasteiger partial charge on any atom is -0.383 e. The Morgan fingerprint density at radius 3 is 2.80 bits per heavy atom. The van der Waals surface area contributed by atoms with E-state index in [0.29, 0.717) is 26.4 Å². The summed E-state index contributed by atoms with van der Waals surface area (Å²) < 4.78 is 23.7. The second-order valence-electron chi connectivity index (χ2n) is 4.56. The van der Waals surface area contributed by atoms with Crippen molar-refractivity contribution in [2.24, 2.45) is 0 Å². The van der Waals surface area contributed by atoms with Gasteiger partial charge in [0, 0.05) is 46.1 Å². The smallest absolute Gasteiger partial charge is 0.123 e. The van der Waals surface area contributed by atoms with Crippen molar-refractivity contribution in [2.75, 3.05) is 52.0 Å². The normalized spacial score (nSPS) is 10.8. The lowest BCUT2D eigenvalue weighted by Crippen LogP contribution is -2.26. The minimum atomic E-state index is -0.213. The predicted octanol–water partition coefficient (Wildman–Crippen LogP) is 2.03. The Morgan fingerprint density at radius 1 is 1.30 bits per heavy atom. The van der Waals surface area contributed by atoms with Crippen LogP contribution in [0.15, 0.2) is 18.2 Å². The summed E-state index contributed by atoms with van der Waals surface area (Å²) in [6.07, 6.45) is 0. The number of rotatable bonds is 10. The third-order valence-corrected chi connectivity index (χ3v) is 3.03. The summed E-state index contributed by atoms with van der Waals surface area (Å²) in [5.74, 6) is -0.213. The van der Waals surface area contributed by atoms with Crippen LogP contribution in [-0.4, -0.2) is 47.1 Å². The van der Waals surface area contributed by atoms with E-state index in [1.54, 1.807) is 13.2 Å². The van der Waals surface area contributed by atoms with Crippen LogP contribution in [-0.2, 0) is 16.0 Å². The molecule has 0 radical (unpaired) electrons. The fourth-order valence-corrected chi connectivity index (χ4v) is 1.93. The van der Waals surface area contributed by atoms with Gasteiger partial charge in [-0.25, -0.2) is 4.39 Å². The van der Waals surface area contributed by atoms with Gasteiger partial charge in [-0.05, 0) is 30.7 Å². The van der Waals surface area contributed by atoms with Crippen molar-refractivity contribution in [1.82, 2.24) is 5.32 Å². The molecule has 20 heavy (non-hydrogen) atoms. The van der Waals surface area contributed by atoms with Crippen LogP contribution in [0.2, 0.25) is 0 Å². The number of nitrogens with one attached hydrogen (secondary N) is 1. The molecule has 0 saturated heterocycles. The van der Waals surface area contributed by atoms with Gasteiger partial charge in [0.15, 0.2) is 0 Å². The molecule has 0 bridgehead atoms. The molecule has 0 aliphatic heterocycles. The van der Waals surface area contributed by atoms with Gasteiger partial charge >= 0.3 is 0 Å². The molecule has 4 nitrogen and oxygen atoms in total. The van der Waals surface area contributed by atoms with Crippen LogP contribution in [0.4, 0.5) is 10.1 Å². The first-order valence-corrected chi connectivity index (χ1v) is 6.96. The van der Waals surface area contributed by atoms with Gasteiger partial charge in [-0.15, -0.1) is 0 Å². The van der Waals surface area contributed by atoms with E-state index in [1.807, 2.05) is 20.0 Å². The number of methoxy groups -OCH3 is 1. The van der Waals surface area contributed by atoms with Crippen LogP contribution in [0, 0.1) is 5.82 Å². The van der Waals surface area contributed by atoms with Gasteiger partial charge in [0.05, 0.1) is 13.2 Å². The molecule has 0 heterocycles. The molecule has 0 fully saturated rings. The topological polar surface area (TPSA) is 33.7 Å². The molecule has 1 N–H and O–H groups in total. The van der Waals surface area contributed by atoms with Gasteiger partial charge in [-0.3, -0.25) is 0 Å². The lowest BCUT2D eigenvalue weighted by Gasteiger charge is -2.22. The molecule has 0 spiro atoms. The number of nitrogens with zero attached hydrogens (tertiary/aromatic N) is 1. The molecule has 0 aliphatic carbocycles. The van der Waals surface area contributed by atoms with Crippen LogP contribution in [0.5, 0.6) is 0 Å². The lowest BCUT2D eigenvalue weighted by molar-refractivity contribution is 0.154. The van der Waals surface area contributed by atoms with Gasteiger partial charge in [-0.1, -0.05) is 0 Å². The highest BCUT2D eigenvalue weighted by atomic mass is 19.1. The molecule has 5 heteroatoms. The highest BCUT2D eigenvalue weighted by Gasteiger charge is 2.08. The summed E-state index contributed by atoms with van der Waals surface area (Å²) in [7, 11) is 3.65. The van der Waals surface area contributed by atoms with E-state index in [4.69, 9.17) is 9.47 Å². The van der Waals surface area contributed by atoms with Crippen LogP contribution in [0.1, 0.15) is 12.5 Å². The Balaban J connectivity index is 2.63. The molecule has 0 atom stereocenters. The number of benzene rings is 1. The summed E-state index contributed by atoms with van der Waals surface area (Å²) in [6, 6.07) is 4.88. The summed E-state index contributed by atoms with van der Waals surface area (Å²) in [5, 5.41) is 3.24. The summed E-state index contributed by atoms with van der Waals surface area (Å²) in [4.78, 5) is 2.09. The van der Waals surface area contributed by atoms with E-state index in [2.05, 4.69) is 10.2 Å². The zero-order chi connectivity index (χ0) is 14.8. The Bertz CT molecular complexity index is 388. The van der Waals surface area contributed by atoms with Crippen molar-refractivity contribution in [3.8, 4) is 0 Å². The molecule has 0 saturated carbocycles. The number of halogens is 1. The monoisotopic (exact) mass is 284 g/mol. The molecule has 0 amide bonds. The van der Waals surface area contributed by atoms with Gasteiger partial charge in [0.1, 0.15) is 5.82 Å². The quantitative estimate of drug-likeness (QED) is 0.667. The molecule has 1 rings (SSSR count). The van der Waals surface area contributed by atoms with Gasteiger partial charge in [0.25, 0.3) is 0 Å². The number of hydrogen-bond donors (Lipinski definition) is 1. The second kappa shape index (κ2) is 9.69. The minimum absolute atomic E-state index is 0.213. The molecule has 1 aromatic carbocycles. The number of ether oxygens (including phenoxy) is 2. The third kappa shape index (κ3) is 5.86. The maximum Gasteiger partial charge on any atom is 0.123 e. The second-order valence-corrected chi connectivity index (χ2v) is 4.56. The Hall–Kier alpha value is -1.17. The Kier molecular flexibility index (Phi) is 8.18. The van der Waals surface area contributed by atoms with Crippen molar-refractivity contribution in [3.05, 3.63) is 29.6 Å². The SMILES string of the molecule is CCOCCN(C)c1ccc(F)cc1CNCCOC. The fraction of sp³-hybridized carbons (Fsp3) is 0.600. The van der Waals surface area contributed by atoms with Crippen LogP contribution < -0.4 is 10.2 Å². The number of hydrogen-bond acceptors (Lipinski definition) is 4. The summed E-state index contributed by atoms with van der Waals surface area (Å²) in [5.41, 5.74) is 1.97. The molecule has 114 valence electrons. The molecular weight excluding hydrogens is 259 g/mol. The van der Waals surface area contributed by atoms with Crippen LogP contribution in [0.25, 0.3) is 0 Å². The Labute approximate surface area is 120 Å². The molecule has 0 unspecified atom stereocenters. The number of anilines is 1. The maximum absolute atomic E-state index is 13.4. The van der Waals surface area contributed by atoms with E-state index in [-0.39, 0.29) is 5.82 Å². The maximum atomic E-state index is 13.4. The van der Waals surface area contributed by atoms with Crippen molar-refractivity contribution >= 4 is 5.69 Å². The number of likely N-dealkylation sites (N-methyl/N-ethyl adjacent to an activating group) is 1. The summed E-state index contributed by atoms with van der Waals surface area (Å²) in [6.45, 7) is 6.15. The van der Waals surface area contributed by atoms with E-state index in [1.165, 1.54) is 6.07 Å². The average Bonchev–Trinajstić information content (AvgIpc) is 2.44. The third-order valence-electron chi connectivity index (χ3n) is 3.03. The van der Waals surface area contributed by atoms with Gasteiger partial charge in [0.2, 0.25) is 0 Å². The van der Waals surface area contributed by atoms with E-state index >= 15 is 0 Å².